The molecule has 2 aromatic heterocycles. The van der Waals surface area contributed by atoms with Gasteiger partial charge in [0.15, 0.2) is 4.96 Å². The number of methoxy groups -OCH3 is 1. The monoisotopic (exact) mass is 582 g/mol. The van der Waals surface area contributed by atoms with Gasteiger partial charge in [-0.15, -0.1) is 0 Å². The third-order valence-electron chi connectivity index (χ3n) is 6.52. The fraction of sp³-hybridized carbons (Fsp3) is 0.400. The number of aromatic nitrogens is 2. The van der Waals surface area contributed by atoms with Crippen molar-refractivity contribution in [2.75, 3.05) is 33.3 Å². The van der Waals surface area contributed by atoms with Crippen LogP contribution in [0, 0.1) is 0 Å². The molecule has 0 spiro atoms. The molecule has 4 aromatic rings. The molecule has 0 radical (unpaired) electrons. The van der Waals surface area contributed by atoms with Crippen molar-refractivity contribution >= 4 is 44.4 Å². The van der Waals surface area contributed by atoms with Crippen LogP contribution in [0.15, 0.2) is 48.7 Å². The molecule has 0 fully saturated rings. The van der Waals surface area contributed by atoms with E-state index in [-0.39, 0.29) is 5.91 Å². The maximum Gasteiger partial charge on any atom is 0.414 e. The van der Waals surface area contributed by atoms with Gasteiger partial charge < -0.3 is 25.2 Å². The Kier molecular flexibility index (Phi) is 12.1. The number of carboxylic acids is 2. The lowest BCUT2D eigenvalue weighted by atomic mass is 10.1. The Hall–Kier alpha value is -3.96. The quantitative estimate of drug-likeness (QED) is 0.141. The van der Waals surface area contributed by atoms with E-state index in [9.17, 15) is 4.79 Å². The molecule has 3 N–H and O–H groups in total. The fourth-order valence-electron chi connectivity index (χ4n) is 4.25. The summed E-state index contributed by atoms with van der Waals surface area (Å²) in [5.74, 6) is -2.83. The summed E-state index contributed by atoms with van der Waals surface area (Å²) < 4.78 is 8.41. The Morgan fingerprint density at radius 3 is 2.17 bits per heavy atom. The van der Waals surface area contributed by atoms with Crippen molar-refractivity contribution in [3.8, 4) is 17.0 Å². The van der Waals surface area contributed by atoms with Gasteiger partial charge in [-0.05, 0) is 81.4 Å². The van der Waals surface area contributed by atoms with Crippen molar-refractivity contribution in [2.45, 2.75) is 46.0 Å². The van der Waals surface area contributed by atoms with E-state index in [4.69, 9.17) is 29.5 Å². The van der Waals surface area contributed by atoms with E-state index >= 15 is 0 Å². The van der Waals surface area contributed by atoms with Crippen LogP contribution >= 0.6 is 11.3 Å². The number of hydrogen-bond acceptors (Lipinski definition) is 7. The van der Waals surface area contributed by atoms with Crippen LogP contribution < -0.4 is 10.1 Å². The van der Waals surface area contributed by atoms with Crippen LogP contribution in [0.1, 0.15) is 56.3 Å². The van der Waals surface area contributed by atoms with Crippen LogP contribution in [-0.2, 0) is 9.59 Å². The molecule has 10 nitrogen and oxygen atoms in total. The predicted octanol–water partition coefficient (Wildman–Crippen LogP) is 5.40. The summed E-state index contributed by atoms with van der Waals surface area (Å²) in [5, 5.41) is 17.9. The van der Waals surface area contributed by atoms with Gasteiger partial charge in [0.2, 0.25) is 0 Å². The van der Waals surface area contributed by atoms with Crippen molar-refractivity contribution in [1.82, 2.24) is 19.6 Å². The van der Waals surface area contributed by atoms with Crippen molar-refractivity contribution in [3.63, 3.8) is 0 Å². The van der Waals surface area contributed by atoms with E-state index in [1.165, 1.54) is 25.7 Å². The summed E-state index contributed by atoms with van der Waals surface area (Å²) in [6, 6.07) is 13.8. The van der Waals surface area contributed by atoms with Crippen LogP contribution in [0.2, 0.25) is 0 Å². The minimum Gasteiger partial charge on any atom is -0.497 e. The fourth-order valence-corrected chi connectivity index (χ4v) is 5.30. The largest absolute Gasteiger partial charge is 0.497 e. The zero-order valence-electron chi connectivity index (χ0n) is 23.8. The number of thiazole rings is 1. The highest BCUT2D eigenvalue weighted by Gasteiger charge is 2.13. The normalized spacial score (nSPS) is 10.9. The number of aliphatic carboxylic acids is 2. The van der Waals surface area contributed by atoms with Gasteiger partial charge in [0.1, 0.15) is 5.75 Å². The second-order valence-corrected chi connectivity index (χ2v) is 10.6. The number of unbranched alkanes of at least 4 members (excludes halogenated alkanes) is 2. The van der Waals surface area contributed by atoms with Crippen molar-refractivity contribution in [2.24, 2.45) is 0 Å². The first-order valence-electron chi connectivity index (χ1n) is 13.8. The molecule has 2 heterocycles. The standard InChI is InChI=1S/C28H36N4O2S.C2H2O4/c1-4-6-16-31(17-7-5-2)18-8-15-29-27(33)22-11-14-25-26(19-22)35-28-30-24(20-32(25)28)21-9-12-23(34-3)13-10-21;3-1(4)2(5)6/h9-14,19-20H,4-8,15-18H2,1-3H3,(H,29,33);(H,3,4)(H,5,6). The van der Waals surface area contributed by atoms with Gasteiger partial charge in [0, 0.05) is 23.9 Å². The molecular weight excluding hydrogens is 544 g/mol. The van der Waals surface area contributed by atoms with E-state index < -0.39 is 11.9 Å². The Bertz CT molecular complexity index is 1430. The lowest BCUT2D eigenvalue weighted by Gasteiger charge is -2.21. The summed E-state index contributed by atoms with van der Waals surface area (Å²) in [5.41, 5.74) is 3.74. The van der Waals surface area contributed by atoms with Gasteiger partial charge in [-0.25, -0.2) is 14.6 Å². The van der Waals surface area contributed by atoms with Crippen molar-refractivity contribution in [3.05, 3.63) is 54.2 Å². The zero-order valence-corrected chi connectivity index (χ0v) is 24.6. The first-order chi connectivity index (χ1) is 19.8. The number of nitrogens with zero attached hydrogens (tertiary/aromatic N) is 3. The van der Waals surface area contributed by atoms with Gasteiger partial charge in [-0.1, -0.05) is 38.0 Å². The Labute approximate surface area is 243 Å². The molecule has 0 bridgehead atoms. The molecule has 0 saturated heterocycles. The molecule has 2 aromatic carbocycles. The molecular formula is C30H38N4O6S. The van der Waals surface area contributed by atoms with Gasteiger partial charge in [-0.3, -0.25) is 9.20 Å². The second-order valence-electron chi connectivity index (χ2n) is 9.56. The van der Waals surface area contributed by atoms with Crippen LogP contribution in [0.3, 0.4) is 0 Å². The van der Waals surface area contributed by atoms with Gasteiger partial charge >= 0.3 is 11.9 Å². The Morgan fingerprint density at radius 2 is 1.59 bits per heavy atom. The van der Waals surface area contributed by atoms with E-state index in [1.807, 2.05) is 42.5 Å². The SMILES string of the molecule is CCCCN(CCCC)CCCNC(=O)c1ccc2c(c1)sc1nc(-c3ccc(OC)cc3)cn12.O=C(O)C(=O)O. The number of nitrogens with one attached hydrogen (secondary N) is 1. The number of carboxylic acid groups (broad SMARTS) is 2. The minimum absolute atomic E-state index is 0.00877. The lowest BCUT2D eigenvalue weighted by Crippen LogP contribution is -2.31. The van der Waals surface area contributed by atoms with E-state index in [2.05, 4.69) is 34.7 Å². The van der Waals surface area contributed by atoms with Crippen LogP contribution in [0.4, 0.5) is 0 Å². The molecule has 0 unspecified atom stereocenters. The summed E-state index contributed by atoms with van der Waals surface area (Å²) in [4.78, 5) is 39.2. The predicted molar refractivity (Wildman–Crippen MR) is 161 cm³/mol. The number of carbonyl (C=O) groups is 3. The average molecular weight is 583 g/mol. The third kappa shape index (κ3) is 9.02. The highest BCUT2D eigenvalue weighted by atomic mass is 32.1. The highest BCUT2D eigenvalue weighted by molar-refractivity contribution is 7.23. The van der Waals surface area contributed by atoms with Crippen LogP contribution in [-0.4, -0.2) is 75.6 Å². The molecule has 0 aliphatic heterocycles. The van der Waals surface area contributed by atoms with Crippen molar-refractivity contribution in [1.29, 1.82) is 0 Å². The van der Waals surface area contributed by atoms with Gasteiger partial charge in [-0.2, -0.15) is 0 Å². The average Bonchev–Trinajstić information content (AvgIpc) is 3.54. The molecule has 1 amide bonds. The molecule has 41 heavy (non-hydrogen) atoms. The molecule has 0 atom stereocenters. The summed E-state index contributed by atoms with van der Waals surface area (Å²) >= 11 is 1.60. The van der Waals surface area contributed by atoms with Gasteiger partial charge in [0.05, 0.1) is 23.0 Å². The molecule has 4 rings (SSSR count). The number of carbonyl (C=O) groups excluding carboxylic acids is 1. The van der Waals surface area contributed by atoms with E-state index in [1.54, 1.807) is 18.4 Å². The Morgan fingerprint density at radius 1 is 0.951 bits per heavy atom. The number of rotatable bonds is 13. The molecule has 0 saturated carbocycles. The topological polar surface area (TPSA) is 133 Å². The summed E-state index contributed by atoms with van der Waals surface area (Å²) in [6.45, 7) is 8.52. The van der Waals surface area contributed by atoms with E-state index in [0.717, 1.165) is 58.2 Å². The molecule has 0 aliphatic rings. The van der Waals surface area contributed by atoms with Crippen molar-refractivity contribution < 1.29 is 29.3 Å². The van der Waals surface area contributed by atoms with Crippen LogP contribution in [0.25, 0.3) is 26.4 Å². The zero-order chi connectivity index (χ0) is 29.8. The molecule has 220 valence electrons. The molecule has 11 heteroatoms. The van der Waals surface area contributed by atoms with E-state index in [0.29, 0.717) is 12.1 Å². The molecule has 0 aliphatic carbocycles. The highest BCUT2D eigenvalue weighted by Crippen LogP contribution is 2.30. The first-order valence-corrected chi connectivity index (χ1v) is 14.6. The first kappa shape index (κ1) is 31.6. The summed E-state index contributed by atoms with van der Waals surface area (Å²) in [7, 11) is 1.67. The van der Waals surface area contributed by atoms with Crippen LogP contribution in [0.5, 0.6) is 5.75 Å². The lowest BCUT2D eigenvalue weighted by molar-refractivity contribution is -0.159. The van der Waals surface area contributed by atoms with Gasteiger partial charge in [0.25, 0.3) is 5.91 Å². The number of ether oxygens (including phenoxy) is 1. The maximum atomic E-state index is 12.8. The minimum atomic E-state index is -1.82. The number of benzene rings is 2. The number of fused-ring (bicyclic) bond motifs is 3. The summed E-state index contributed by atoms with van der Waals surface area (Å²) in [6.07, 6.45) is 7.95. The third-order valence-corrected chi connectivity index (χ3v) is 7.54. The second kappa shape index (κ2) is 15.7. The maximum absolute atomic E-state index is 12.8. The number of imidazole rings is 1. The Balaban J connectivity index is 0.000000696. The number of amides is 1. The smallest absolute Gasteiger partial charge is 0.414 e. The number of hydrogen-bond donors (Lipinski definition) is 3.